The van der Waals surface area contributed by atoms with E-state index in [9.17, 15) is 13.2 Å². The molecule has 1 unspecified atom stereocenters. The molecule has 2 rings (SSSR count). The van der Waals surface area contributed by atoms with Crippen LogP contribution in [0.4, 0.5) is 13.2 Å². The van der Waals surface area contributed by atoms with E-state index in [0.717, 1.165) is 29.2 Å². The Hall–Kier alpha value is -1.95. The fourth-order valence-corrected chi connectivity index (χ4v) is 2.43. The number of nitrogens with one attached hydrogen (secondary N) is 1. The number of halogens is 3. The number of rotatable bonds is 3. The Balaban J connectivity index is 2.57. The van der Waals surface area contributed by atoms with Crippen LogP contribution in [-0.4, -0.2) is 17.0 Å². The molecule has 6 heteroatoms. The van der Waals surface area contributed by atoms with Gasteiger partial charge in [-0.05, 0) is 44.7 Å². The zero-order valence-electron chi connectivity index (χ0n) is 12.0. The number of hydrogen-bond acceptors (Lipinski definition) is 3. The molecule has 0 bridgehead atoms. The lowest BCUT2D eigenvalue weighted by Gasteiger charge is -2.21. The molecule has 0 aliphatic heterocycles. The fourth-order valence-electron chi connectivity index (χ4n) is 2.43. The van der Waals surface area contributed by atoms with Crippen LogP contribution in [0.3, 0.4) is 0 Å². The van der Waals surface area contributed by atoms with Crippen molar-refractivity contribution in [2.45, 2.75) is 26.1 Å². The van der Waals surface area contributed by atoms with Crippen molar-refractivity contribution in [1.29, 1.82) is 0 Å². The molecule has 2 heterocycles. The first-order valence-electron chi connectivity index (χ1n) is 6.46. The van der Waals surface area contributed by atoms with Crippen LogP contribution >= 0.6 is 0 Å². The van der Waals surface area contributed by atoms with E-state index in [1.54, 1.807) is 19.2 Å². The summed E-state index contributed by atoms with van der Waals surface area (Å²) in [5.41, 5.74) is 1.70. The van der Waals surface area contributed by atoms with E-state index < -0.39 is 17.8 Å². The lowest BCUT2D eigenvalue weighted by Crippen LogP contribution is -2.22. The highest BCUT2D eigenvalue weighted by Gasteiger charge is 2.35. The van der Waals surface area contributed by atoms with Crippen LogP contribution in [0.1, 0.15) is 34.1 Å². The monoisotopic (exact) mass is 295 g/mol. The van der Waals surface area contributed by atoms with Crippen molar-refractivity contribution < 1.29 is 13.2 Å². The van der Waals surface area contributed by atoms with Gasteiger partial charge in [-0.15, -0.1) is 0 Å². The molecule has 0 amide bonds. The topological polar surface area (TPSA) is 37.8 Å². The highest BCUT2D eigenvalue weighted by Crippen LogP contribution is 2.36. The van der Waals surface area contributed by atoms with Gasteiger partial charge >= 0.3 is 6.18 Å². The Labute approximate surface area is 121 Å². The molecule has 2 aromatic heterocycles. The van der Waals surface area contributed by atoms with Gasteiger partial charge in [0.25, 0.3) is 0 Å². The lowest BCUT2D eigenvalue weighted by atomic mass is 9.95. The zero-order valence-corrected chi connectivity index (χ0v) is 12.0. The molecule has 0 aliphatic carbocycles. The number of alkyl halides is 3. The van der Waals surface area contributed by atoms with E-state index in [4.69, 9.17) is 0 Å². The summed E-state index contributed by atoms with van der Waals surface area (Å²) in [4.78, 5) is 8.09. The van der Waals surface area contributed by atoms with Gasteiger partial charge in [-0.3, -0.25) is 9.97 Å². The van der Waals surface area contributed by atoms with Gasteiger partial charge in [-0.1, -0.05) is 0 Å². The number of hydrogen-bond donors (Lipinski definition) is 1. The second-order valence-electron chi connectivity index (χ2n) is 4.87. The molecule has 112 valence electrons. The van der Waals surface area contributed by atoms with Crippen molar-refractivity contribution in [2.75, 3.05) is 7.05 Å². The second-order valence-corrected chi connectivity index (χ2v) is 4.87. The molecule has 2 aromatic rings. The maximum atomic E-state index is 13.2. The summed E-state index contributed by atoms with van der Waals surface area (Å²) in [6.45, 7) is 3.63. The molecule has 0 spiro atoms. The van der Waals surface area contributed by atoms with Crippen LogP contribution in [0.2, 0.25) is 0 Å². The van der Waals surface area contributed by atoms with Gasteiger partial charge in [0.05, 0.1) is 11.6 Å². The van der Waals surface area contributed by atoms with Crippen molar-refractivity contribution in [3.05, 3.63) is 58.7 Å². The normalized spacial score (nSPS) is 13.2. The summed E-state index contributed by atoms with van der Waals surface area (Å²) in [6.07, 6.45) is -2.00. The predicted octanol–water partition coefficient (Wildman–Crippen LogP) is 3.42. The maximum Gasteiger partial charge on any atom is 0.416 e. The molecule has 1 atom stereocenters. The van der Waals surface area contributed by atoms with Gasteiger partial charge in [0.2, 0.25) is 0 Å². The fraction of sp³-hybridized carbons (Fsp3) is 0.333. The SMILES string of the molecule is CNC(c1cc(C)nc(C)c1)c1cnccc1C(F)(F)F. The van der Waals surface area contributed by atoms with Crippen molar-refractivity contribution in [3.8, 4) is 0 Å². The van der Waals surface area contributed by atoms with Crippen LogP contribution < -0.4 is 5.32 Å². The van der Waals surface area contributed by atoms with Crippen LogP contribution in [0, 0.1) is 13.8 Å². The van der Waals surface area contributed by atoms with E-state index in [1.807, 2.05) is 13.8 Å². The first kappa shape index (κ1) is 15.4. The molecule has 0 radical (unpaired) electrons. The first-order chi connectivity index (χ1) is 9.82. The van der Waals surface area contributed by atoms with Crippen molar-refractivity contribution in [1.82, 2.24) is 15.3 Å². The third-order valence-corrected chi connectivity index (χ3v) is 3.19. The van der Waals surface area contributed by atoms with Crippen LogP contribution in [-0.2, 0) is 6.18 Å². The van der Waals surface area contributed by atoms with Crippen LogP contribution in [0.15, 0.2) is 30.6 Å². The molecule has 0 saturated carbocycles. The third-order valence-electron chi connectivity index (χ3n) is 3.19. The van der Waals surface area contributed by atoms with Gasteiger partial charge in [-0.25, -0.2) is 0 Å². The number of aromatic nitrogens is 2. The molecule has 0 aromatic carbocycles. The van der Waals surface area contributed by atoms with Crippen LogP contribution in [0.25, 0.3) is 0 Å². The Bertz CT molecular complexity index is 618. The van der Waals surface area contributed by atoms with Crippen molar-refractivity contribution >= 4 is 0 Å². The standard InChI is InChI=1S/C15H16F3N3/c1-9-6-11(7-10(2)21-9)14(19-3)12-8-20-5-4-13(12)15(16,17)18/h4-8,14,19H,1-3H3. The minimum Gasteiger partial charge on any atom is -0.309 e. The quantitative estimate of drug-likeness (QED) is 0.943. The number of nitrogens with zero attached hydrogens (tertiary/aromatic N) is 2. The van der Waals surface area contributed by atoms with Crippen molar-refractivity contribution in [2.24, 2.45) is 0 Å². The lowest BCUT2D eigenvalue weighted by molar-refractivity contribution is -0.138. The minimum absolute atomic E-state index is 0.109. The Morgan fingerprint density at radius 3 is 2.29 bits per heavy atom. The Morgan fingerprint density at radius 1 is 1.14 bits per heavy atom. The molecular formula is C15H16F3N3. The summed E-state index contributed by atoms with van der Waals surface area (Å²) in [5, 5.41) is 2.93. The first-order valence-corrected chi connectivity index (χ1v) is 6.46. The summed E-state index contributed by atoms with van der Waals surface area (Å²) in [6, 6.07) is 3.97. The third kappa shape index (κ3) is 3.39. The average molecular weight is 295 g/mol. The Kier molecular flexibility index (Phi) is 4.27. The van der Waals surface area contributed by atoms with Crippen LogP contribution in [0.5, 0.6) is 0 Å². The summed E-state index contributed by atoms with van der Waals surface area (Å²) < 4.78 is 39.5. The van der Waals surface area contributed by atoms with E-state index in [1.165, 1.54) is 6.20 Å². The Morgan fingerprint density at radius 2 is 1.76 bits per heavy atom. The van der Waals surface area contributed by atoms with E-state index in [2.05, 4.69) is 15.3 Å². The molecule has 0 aliphatic rings. The smallest absolute Gasteiger partial charge is 0.309 e. The summed E-state index contributed by atoms with van der Waals surface area (Å²) in [7, 11) is 1.63. The van der Waals surface area contributed by atoms with E-state index in [0.29, 0.717) is 0 Å². The van der Waals surface area contributed by atoms with Crippen molar-refractivity contribution in [3.63, 3.8) is 0 Å². The molecular weight excluding hydrogens is 279 g/mol. The average Bonchev–Trinajstić information content (AvgIpc) is 2.38. The summed E-state index contributed by atoms with van der Waals surface area (Å²) in [5.74, 6) is 0. The number of pyridine rings is 2. The molecule has 1 N–H and O–H groups in total. The van der Waals surface area contributed by atoms with Gasteiger partial charge in [0, 0.05) is 29.3 Å². The molecule has 3 nitrogen and oxygen atoms in total. The highest BCUT2D eigenvalue weighted by atomic mass is 19.4. The molecule has 0 fully saturated rings. The van der Waals surface area contributed by atoms with Gasteiger partial charge < -0.3 is 5.32 Å². The largest absolute Gasteiger partial charge is 0.416 e. The minimum atomic E-state index is -4.41. The summed E-state index contributed by atoms with van der Waals surface area (Å²) >= 11 is 0. The van der Waals surface area contributed by atoms with Gasteiger partial charge in [-0.2, -0.15) is 13.2 Å². The van der Waals surface area contributed by atoms with E-state index in [-0.39, 0.29) is 5.56 Å². The highest BCUT2D eigenvalue weighted by molar-refractivity contribution is 5.38. The molecule has 0 saturated heterocycles. The predicted molar refractivity (Wildman–Crippen MR) is 73.9 cm³/mol. The van der Waals surface area contributed by atoms with Gasteiger partial charge in [0.1, 0.15) is 0 Å². The second kappa shape index (κ2) is 5.81. The maximum absolute atomic E-state index is 13.2. The van der Waals surface area contributed by atoms with Gasteiger partial charge in [0.15, 0.2) is 0 Å². The zero-order chi connectivity index (χ0) is 15.6. The van der Waals surface area contributed by atoms with E-state index >= 15 is 0 Å². The molecule has 21 heavy (non-hydrogen) atoms. The number of aryl methyl sites for hydroxylation is 2.